The van der Waals surface area contributed by atoms with Gasteiger partial charge >= 0.3 is 0 Å². The minimum atomic E-state index is 0.219. The van der Waals surface area contributed by atoms with Gasteiger partial charge in [0, 0.05) is 38.7 Å². The highest BCUT2D eigenvalue weighted by Gasteiger charge is 2.11. The van der Waals surface area contributed by atoms with Crippen LogP contribution in [-0.2, 0) is 4.74 Å². The lowest BCUT2D eigenvalue weighted by Crippen LogP contribution is -2.33. The fraction of sp³-hybridized carbons (Fsp3) is 0.588. The zero-order chi connectivity index (χ0) is 15.0. The highest BCUT2D eigenvalue weighted by atomic mass is 16.5. The van der Waals surface area contributed by atoms with Crippen LogP contribution in [-0.4, -0.2) is 44.0 Å². The molecule has 0 N–H and O–H groups in total. The normalized spacial score (nSPS) is 11.3. The molecule has 0 saturated carbocycles. The number of carbonyl (C=O) groups excluding carboxylic acids is 1. The van der Waals surface area contributed by atoms with E-state index in [2.05, 4.69) is 18.7 Å². The second-order valence-electron chi connectivity index (χ2n) is 5.73. The maximum Gasteiger partial charge on any atom is 0.164 e. The van der Waals surface area contributed by atoms with Gasteiger partial charge in [-0.25, -0.2) is 0 Å². The topological polar surface area (TPSA) is 29.5 Å². The van der Waals surface area contributed by atoms with Gasteiger partial charge in [-0.1, -0.05) is 43.7 Å². The van der Waals surface area contributed by atoms with Gasteiger partial charge in [0.25, 0.3) is 0 Å². The highest BCUT2D eigenvalue weighted by molar-refractivity contribution is 5.96. The number of aryl methyl sites for hydroxylation is 1. The molecule has 0 bridgehead atoms. The first-order valence-electron chi connectivity index (χ1n) is 7.34. The Kier molecular flexibility index (Phi) is 7.48. The number of nitrogens with zero attached hydrogens (tertiary/aromatic N) is 1. The Labute approximate surface area is 122 Å². The zero-order valence-corrected chi connectivity index (χ0v) is 13.2. The number of carbonyl (C=O) groups is 1. The summed E-state index contributed by atoms with van der Waals surface area (Å²) in [4.78, 5) is 14.5. The fourth-order valence-corrected chi connectivity index (χ4v) is 2.17. The number of hydrogen-bond donors (Lipinski definition) is 0. The quantitative estimate of drug-likeness (QED) is 0.649. The van der Waals surface area contributed by atoms with Crippen molar-refractivity contribution in [1.82, 2.24) is 4.90 Å². The molecule has 0 aromatic heterocycles. The summed E-state index contributed by atoms with van der Waals surface area (Å²) in [6, 6.07) is 7.81. The van der Waals surface area contributed by atoms with Gasteiger partial charge in [0.15, 0.2) is 5.78 Å². The van der Waals surface area contributed by atoms with Gasteiger partial charge in [0.2, 0.25) is 0 Å². The van der Waals surface area contributed by atoms with Crippen molar-refractivity contribution in [2.24, 2.45) is 5.92 Å². The smallest absolute Gasteiger partial charge is 0.164 e. The molecule has 0 radical (unpaired) electrons. The van der Waals surface area contributed by atoms with Crippen LogP contribution in [0.1, 0.15) is 36.2 Å². The zero-order valence-electron chi connectivity index (χ0n) is 13.2. The van der Waals surface area contributed by atoms with E-state index in [0.29, 0.717) is 18.9 Å². The SMILES string of the molecule is COCCN(CCC(=O)c1ccc(C)cc1)CC(C)C. The molecule has 0 spiro atoms. The first kappa shape index (κ1) is 16.9. The average Bonchev–Trinajstić information content (AvgIpc) is 2.41. The molecule has 1 rings (SSSR count). The maximum absolute atomic E-state index is 12.2. The van der Waals surface area contributed by atoms with Gasteiger partial charge in [-0.2, -0.15) is 0 Å². The predicted molar refractivity (Wildman–Crippen MR) is 83.3 cm³/mol. The van der Waals surface area contributed by atoms with E-state index in [4.69, 9.17) is 4.74 Å². The summed E-state index contributed by atoms with van der Waals surface area (Å²) in [5, 5.41) is 0. The van der Waals surface area contributed by atoms with E-state index in [9.17, 15) is 4.79 Å². The van der Waals surface area contributed by atoms with Crippen molar-refractivity contribution in [3.05, 3.63) is 35.4 Å². The van der Waals surface area contributed by atoms with Gasteiger partial charge in [0.05, 0.1) is 6.61 Å². The number of Topliss-reactive ketones (excluding diaryl/α,β-unsaturated/α-hetero) is 1. The number of hydrogen-bond acceptors (Lipinski definition) is 3. The maximum atomic E-state index is 12.2. The fourth-order valence-electron chi connectivity index (χ4n) is 2.17. The molecule has 1 aromatic rings. The van der Waals surface area contributed by atoms with Gasteiger partial charge in [0.1, 0.15) is 0 Å². The van der Waals surface area contributed by atoms with Crippen LogP contribution in [0.15, 0.2) is 24.3 Å². The lowest BCUT2D eigenvalue weighted by atomic mass is 10.1. The van der Waals surface area contributed by atoms with E-state index in [-0.39, 0.29) is 5.78 Å². The number of ether oxygens (including phenoxy) is 1. The Hall–Kier alpha value is -1.19. The second kappa shape index (κ2) is 8.88. The average molecular weight is 277 g/mol. The summed E-state index contributed by atoms with van der Waals surface area (Å²) in [7, 11) is 1.71. The van der Waals surface area contributed by atoms with Crippen LogP contribution in [0.25, 0.3) is 0 Å². The minimum Gasteiger partial charge on any atom is -0.383 e. The summed E-state index contributed by atoms with van der Waals surface area (Å²) >= 11 is 0. The van der Waals surface area contributed by atoms with E-state index < -0.39 is 0 Å². The van der Waals surface area contributed by atoms with E-state index in [1.54, 1.807) is 7.11 Å². The van der Waals surface area contributed by atoms with Crippen LogP contribution in [0, 0.1) is 12.8 Å². The third-order valence-corrected chi connectivity index (χ3v) is 3.26. The van der Waals surface area contributed by atoms with Gasteiger partial charge < -0.3 is 9.64 Å². The number of ketones is 1. The van der Waals surface area contributed by atoms with E-state index in [0.717, 1.165) is 25.2 Å². The Morgan fingerprint density at radius 1 is 1.20 bits per heavy atom. The standard InChI is InChI=1S/C17H27NO2/c1-14(2)13-18(11-12-20-4)10-9-17(19)16-7-5-15(3)6-8-16/h5-8,14H,9-13H2,1-4H3. The first-order valence-corrected chi connectivity index (χ1v) is 7.34. The summed E-state index contributed by atoms with van der Waals surface area (Å²) in [5.41, 5.74) is 2.00. The molecule has 112 valence electrons. The first-order chi connectivity index (χ1) is 9.52. The molecule has 0 atom stereocenters. The molecule has 0 unspecified atom stereocenters. The van der Waals surface area contributed by atoms with Crippen LogP contribution in [0.3, 0.4) is 0 Å². The molecule has 3 nitrogen and oxygen atoms in total. The predicted octanol–water partition coefficient (Wildman–Crippen LogP) is 3.17. The number of rotatable bonds is 9. The lowest BCUT2D eigenvalue weighted by Gasteiger charge is -2.23. The van der Waals surface area contributed by atoms with Crippen molar-refractivity contribution in [2.45, 2.75) is 27.2 Å². The molecule has 0 aliphatic rings. The molecule has 0 aliphatic heterocycles. The van der Waals surface area contributed by atoms with Crippen LogP contribution < -0.4 is 0 Å². The van der Waals surface area contributed by atoms with Crippen LogP contribution in [0.5, 0.6) is 0 Å². The minimum absolute atomic E-state index is 0.219. The van der Waals surface area contributed by atoms with Gasteiger partial charge in [-0.3, -0.25) is 4.79 Å². The third-order valence-electron chi connectivity index (χ3n) is 3.26. The van der Waals surface area contributed by atoms with Crippen LogP contribution in [0.2, 0.25) is 0 Å². The molecule has 1 aromatic carbocycles. The number of benzene rings is 1. The summed E-state index contributed by atoms with van der Waals surface area (Å²) in [6.45, 7) is 9.83. The van der Waals surface area contributed by atoms with Crippen molar-refractivity contribution in [3.8, 4) is 0 Å². The van der Waals surface area contributed by atoms with Crippen molar-refractivity contribution in [1.29, 1.82) is 0 Å². The Bertz CT molecular complexity index is 398. The van der Waals surface area contributed by atoms with E-state index in [1.165, 1.54) is 5.56 Å². The Morgan fingerprint density at radius 2 is 1.85 bits per heavy atom. The number of methoxy groups -OCH3 is 1. The van der Waals surface area contributed by atoms with E-state index in [1.807, 2.05) is 31.2 Å². The third kappa shape index (κ3) is 6.31. The highest BCUT2D eigenvalue weighted by Crippen LogP contribution is 2.08. The molecule has 0 amide bonds. The van der Waals surface area contributed by atoms with Crippen LogP contribution >= 0.6 is 0 Å². The molecule has 20 heavy (non-hydrogen) atoms. The molecular formula is C17H27NO2. The molecule has 0 saturated heterocycles. The van der Waals surface area contributed by atoms with Crippen molar-refractivity contribution < 1.29 is 9.53 Å². The molecule has 0 fully saturated rings. The monoisotopic (exact) mass is 277 g/mol. The molecule has 0 heterocycles. The summed E-state index contributed by atoms with van der Waals surface area (Å²) in [5.74, 6) is 0.817. The molecule has 3 heteroatoms. The van der Waals surface area contributed by atoms with Gasteiger partial charge in [-0.15, -0.1) is 0 Å². The lowest BCUT2D eigenvalue weighted by molar-refractivity contribution is 0.0941. The largest absolute Gasteiger partial charge is 0.383 e. The molecule has 0 aliphatic carbocycles. The van der Waals surface area contributed by atoms with Crippen molar-refractivity contribution in [3.63, 3.8) is 0 Å². The van der Waals surface area contributed by atoms with E-state index >= 15 is 0 Å². The van der Waals surface area contributed by atoms with Crippen molar-refractivity contribution >= 4 is 5.78 Å². The van der Waals surface area contributed by atoms with Crippen molar-refractivity contribution in [2.75, 3.05) is 33.4 Å². The Morgan fingerprint density at radius 3 is 2.40 bits per heavy atom. The second-order valence-corrected chi connectivity index (χ2v) is 5.73. The molecular weight excluding hydrogens is 250 g/mol. The summed E-state index contributed by atoms with van der Waals surface area (Å²) < 4.78 is 5.13. The Balaban J connectivity index is 2.48. The van der Waals surface area contributed by atoms with Gasteiger partial charge in [-0.05, 0) is 12.8 Å². The van der Waals surface area contributed by atoms with Crippen LogP contribution in [0.4, 0.5) is 0 Å². The summed E-state index contributed by atoms with van der Waals surface area (Å²) in [6.07, 6.45) is 0.569.